The van der Waals surface area contributed by atoms with E-state index in [-0.39, 0.29) is 6.04 Å². The lowest BCUT2D eigenvalue weighted by molar-refractivity contribution is 0.328. The fourth-order valence-electron chi connectivity index (χ4n) is 2.37. The van der Waals surface area contributed by atoms with Crippen molar-refractivity contribution < 1.29 is 4.74 Å². The van der Waals surface area contributed by atoms with Gasteiger partial charge in [-0.15, -0.1) is 0 Å². The Bertz CT molecular complexity index is 581. The zero-order valence-corrected chi connectivity index (χ0v) is 12.6. The van der Waals surface area contributed by atoms with Gasteiger partial charge in [0.15, 0.2) is 0 Å². The van der Waals surface area contributed by atoms with Gasteiger partial charge in [0.05, 0.1) is 12.3 Å². The van der Waals surface area contributed by atoms with Gasteiger partial charge in [-0.1, -0.05) is 23.8 Å². The molecule has 0 fully saturated rings. The number of pyridine rings is 1. The lowest BCUT2D eigenvalue weighted by Gasteiger charge is -2.19. The summed E-state index contributed by atoms with van der Waals surface area (Å²) in [5.74, 6) is 0.659. The molecule has 3 heteroatoms. The summed E-state index contributed by atoms with van der Waals surface area (Å²) in [6.45, 7) is 8.99. The highest BCUT2D eigenvalue weighted by molar-refractivity contribution is 5.54. The number of anilines is 1. The van der Waals surface area contributed by atoms with Crippen LogP contribution in [0, 0.1) is 13.8 Å². The van der Waals surface area contributed by atoms with Crippen LogP contribution < -0.4 is 10.1 Å². The first-order valence-corrected chi connectivity index (χ1v) is 7.03. The molecule has 1 aromatic heterocycles. The van der Waals surface area contributed by atoms with Crippen LogP contribution in [-0.4, -0.2) is 11.6 Å². The largest absolute Gasteiger partial charge is 0.476 e. The molecule has 1 aromatic carbocycles. The Labute approximate surface area is 121 Å². The van der Waals surface area contributed by atoms with Crippen LogP contribution >= 0.6 is 0 Å². The summed E-state index contributed by atoms with van der Waals surface area (Å²) in [7, 11) is 0. The molecule has 0 amide bonds. The van der Waals surface area contributed by atoms with Gasteiger partial charge in [-0.25, -0.2) is 4.98 Å². The van der Waals surface area contributed by atoms with Gasteiger partial charge in [-0.05, 0) is 51.0 Å². The van der Waals surface area contributed by atoms with Gasteiger partial charge in [0, 0.05) is 12.2 Å². The predicted octanol–water partition coefficient (Wildman–Crippen LogP) is 4.27. The standard InChI is InChI=1S/C17H22N2O/c1-5-20-17-16(7-6-10-18-17)19-14(4)15-9-8-12(2)11-13(15)3/h6-11,14,19H,5H2,1-4H3. The Kier molecular flexibility index (Phi) is 4.61. The highest BCUT2D eigenvalue weighted by Crippen LogP contribution is 2.27. The molecule has 1 heterocycles. The van der Waals surface area contributed by atoms with Crippen molar-refractivity contribution in [2.45, 2.75) is 33.7 Å². The predicted molar refractivity (Wildman–Crippen MR) is 83.4 cm³/mol. The van der Waals surface area contributed by atoms with Crippen molar-refractivity contribution >= 4 is 5.69 Å². The highest BCUT2D eigenvalue weighted by Gasteiger charge is 2.11. The monoisotopic (exact) mass is 270 g/mol. The van der Waals surface area contributed by atoms with Crippen LogP contribution in [0.5, 0.6) is 5.88 Å². The zero-order chi connectivity index (χ0) is 14.5. The third-order valence-corrected chi connectivity index (χ3v) is 3.32. The second-order valence-corrected chi connectivity index (χ2v) is 5.02. The SMILES string of the molecule is CCOc1ncccc1NC(C)c1ccc(C)cc1C. The van der Waals surface area contributed by atoms with E-state index in [0.29, 0.717) is 12.5 Å². The molecule has 1 N–H and O–H groups in total. The van der Waals surface area contributed by atoms with Gasteiger partial charge in [0.25, 0.3) is 0 Å². The van der Waals surface area contributed by atoms with E-state index in [9.17, 15) is 0 Å². The van der Waals surface area contributed by atoms with Gasteiger partial charge >= 0.3 is 0 Å². The summed E-state index contributed by atoms with van der Waals surface area (Å²) in [5, 5.41) is 3.48. The zero-order valence-electron chi connectivity index (χ0n) is 12.6. The smallest absolute Gasteiger partial charge is 0.237 e. The molecule has 1 atom stereocenters. The average molecular weight is 270 g/mol. The van der Waals surface area contributed by atoms with Crippen LogP contribution in [0.25, 0.3) is 0 Å². The molecule has 1 unspecified atom stereocenters. The van der Waals surface area contributed by atoms with Gasteiger partial charge in [-0.3, -0.25) is 0 Å². The van der Waals surface area contributed by atoms with Crippen molar-refractivity contribution in [3.05, 3.63) is 53.2 Å². The Morgan fingerprint density at radius 2 is 2.05 bits per heavy atom. The Morgan fingerprint density at radius 1 is 1.25 bits per heavy atom. The van der Waals surface area contributed by atoms with E-state index in [1.165, 1.54) is 16.7 Å². The first-order valence-electron chi connectivity index (χ1n) is 7.03. The number of benzene rings is 1. The van der Waals surface area contributed by atoms with E-state index in [0.717, 1.165) is 5.69 Å². The molecule has 0 bridgehead atoms. The molecule has 3 nitrogen and oxygen atoms in total. The number of aromatic nitrogens is 1. The maximum atomic E-state index is 5.55. The molecule has 106 valence electrons. The molecule has 0 aliphatic heterocycles. The van der Waals surface area contributed by atoms with Crippen molar-refractivity contribution in [3.8, 4) is 5.88 Å². The third kappa shape index (κ3) is 3.29. The van der Waals surface area contributed by atoms with E-state index in [4.69, 9.17) is 4.74 Å². The van der Waals surface area contributed by atoms with Crippen LogP contribution in [0.2, 0.25) is 0 Å². The maximum Gasteiger partial charge on any atom is 0.237 e. The van der Waals surface area contributed by atoms with Crippen LogP contribution in [0.15, 0.2) is 36.5 Å². The fraction of sp³-hybridized carbons (Fsp3) is 0.353. The Morgan fingerprint density at radius 3 is 2.75 bits per heavy atom. The molecule has 0 saturated heterocycles. The van der Waals surface area contributed by atoms with E-state index in [1.807, 2.05) is 19.1 Å². The first-order chi connectivity index (χ1) is 9.61. The normalized spacial score (nSPS) is 12.0. The number of ether oxygens (including phenoxy) is 1. The lowest BCUT2D eigenvalue weighted by atomic mass is 10.0. The maximum absolute atomic E-state index is 5.55. The fourth-order valence-corrected chi connectivity index (χ4v) is 2.37. The molecular weight excluding hydrogens is 248 g/mol. The Hall–Kier alpha value is -2.03. The van der Waals surface area contributed by atoms with E-state index >= 15 is 0 Å². The summed E-state index contributed by atoms with van der Waals surface area (Å²) < 4.78 is 5.55. The number of hydrogen-bond donors (Lipinski definition) is 1. The second kappa shape index (κ2) is 6.42. The number of hydrogen-bond acceptors (Lipinski definition) is 3. The lowest BCUT2D eigenvalue weighted by Crippen LogP contribution is -2.10. The summed E-state index contributed by atoms with van der Waals surface area (Å²) in [6.07, 6.45) is 1.75. The van der Waals surface area contributed by atoms with Crippen LogP contribution in [-0.2, 0) is 0 Å². The van der Waals surface area contributed by atoms with Crippen molar-refractivity contribution in [2.75, 3.05) is 11.9 Å². The van der Waals surface area contributed by atoms with Gasteiger partial charge in [-0.2, -0.15) is 0 Å². The quantitative estimate of drug-likeness (QED) is 0.881. The molecule has 0 spiro atoms. The number of rotatable bonds is 5. The summed E-state index contributed by atoms with van der Waals surface area (Å²) in [5.41, 5.74) is 4.81. The minimum Gasteiger partial charge on any atom is -0.476 e. The van der Waals surface area contributed by atoms with Gasteiger partial charge < -0.3 is 10.1 Å². The van der Waals surface area contributed by atoms with Crippen LogP contribution in [0.3, 0.4) is 0 Å². The average Bonchev–Trinajstić information content (AvgIpc) is 2.41. The third-order valence-electron chi connectivity index (χ3n) is 3.32. The summed E-state index contributed by atoms with van der Waals surface area (Å²) in [6, 6.07) is 10.7. The number of nitrogens with one attached hydrogen (secondary N) is 1. The van der Waals surface area contributed by atoms with E-state index in [1.54, 1.807) is 6.20 Å². The van der Waals surface area contributed by atoms with Crippen LogP contribution in [0.4, 0.5) is 5.69 Å². The van der Waals surface area contributed by atoms with Crippen molar-refractivity contribution in [3.63, 3.8) is 0 Å². The summed E-state index contributed by atoms with van der Waals surface area (Å²) >= 11 is 0. The highest BCUT2D eigenvalue weighted by atomic mass is 16.5. The molecule has 0 saturated carbocycles. The molecule has 2 aromatic rings. The molecule has 2 rings (SSSR count). The van der Waals surface area contributed by atoms with E-state index < -0.39 is 0 Å². The van der Waals surface area contributed by atoms with Gasteiger partial charge in [0.2, 0.25) is 5.88 Å². The van der Waals surface area contributed by atoms with Crippen LogP contribution in [0.1, 0.15) is 36.6 Å². The topological polar surface area (TPSA) is 34.1 Å². The number of nitrogens with zero attached hydrogens (tertiary/aromatic N) is 1. The van der Waals surface area contributed by atoms with Crippen molar-refractivity contribution in [1.29, 1.82) is 0 Å². The first kappa shape index (κ1) is 14.4. The molecule has 0 aliphatic rings. The molecular formula is C17H22N2O. The minimum absolute atomic E-state index is 0.207. The summed E-state index contributed by atoms with van der Waals surface area (Å²) in [4.78, 5) is 4.27. The van der Waals surface area contributed by atoms with Crippen molar-refractivity contribution in [1.82, 2.24) is 4.98 Å². The van der Waals surface area contributed by atoms with Crippen molar-refractivity contribution in [2.24, 2.45) is 0 Å². The minimum atomic E-state index is 0.207. The van der Waals surface area contributed by atoms with Gasteiger partial charge in [0.1, 0.15) is 0 Å². The Balaban J connectivity index is 2.21. The second-order valence-electron chi connectivity index (χ2n) is 5.02. The number of aryl methyl sites for hydroxylation is 2. The molecule has 0 radical (unpaired) electrons. The molecule has 0 aliphatic carbocycles. The molecule has 20 heavy (non-hydrogen) atoms. The van der Waals surface area contributed by atoms with E-state index in [2.05, 4.69) is 49.3 Å².